The van der Waals surface area contributed by atoms with E-state index in [0.29, 0.717) is 0 Å². The lowest BCUT2D eigenvalue weighted by Gasteiger charge is -2.29. The first kappa shape index (κ1) is 13.9. The molecule has 3 aliphatic rings. The third kappa shape index (κ3) is 3.52. The second kappa shape index (κ2) is 6.13. The van der Waals surface area contributed by atoms with Crippen molar-refractivity contribution in [3.63, 3.8) is 0 Å². The van der Waals surface area contributed by atoms with Gasteiger partial charge in [0.1, 0.15) is 0 Å². The topological polar surface area (TPSA) is 23.5 Å². The maximum Gasteiger partial charge on any atom is 0.0669 e. The Balaban J connectivity index is 1.37. The number of fused-ring (bicyclic) bond motifs is 2. The standard InChI is InChI=1S/C17H31NO/c1-18(11-16-9-14-6-7-15(16)8-14)12-17(19)10-13-4-2-3-5-13/h13-17,19H,2-12H2,1H3. The normalized spacial score (nSPS) is 36.5. The van der Waals surface area contributed by atoms with Crippen LogP contribution in [-0.4, -0.2) is 36.2 Å². The first-order valence-electron chi connectivity index (χ1n) is 8.57. The molecule has 2 heteroatoms. The summed E-state index contributed by atoms with van der Waals surface area (Å²) in [7, 11) is 2.21. The largest absolute Gasteiger partial charge is 0.392 e. The molecule has 0 radical (unpaired) electrons. The van der Waals surface area contributed by atoms with Crippen molar-refractivity contribution in [3.8, 4) is 0 Å². The summed E-state index contributed by atoms with van der Waals surface area (Å²) in [5.74, 6) is 3.81. The number of aliphatic hydroxyl groups excluding tert-OH is 1. The van der Waals surface area contributed by atoms with Crippen LogP contribution < -0.4 is 0 Å². The molecule has 2 bridgehead atoms. The Morgan fingerprint density at radius 1 is 1.11 bits per heavy atom. The van der Waals surface area contributed by atoms with Gasteiger partial charge in [-0.2, -0.15) is 0 Å². The number of likely N-dealkylation sites (N-methyl/N-ethyl adjacent to an activating group) is 1. The summed E-state index contributed by atoms with van der Waals surface area (Å²) in [6.07, 6.45) is 12.4. The van der Waals surface area contributed by atoms with Gasteiger partial charge in [-0.15, -0.1) is 0 Å². The Morgan fingerprint density at radius 2 is 1.89 bits per heavy atom. The van der Waals surface area contributed by atoms with Gasteiger partial charge >= 0.3 is 0 Å². The highest BCUT2D eigenvalue weighted by Gasteiger charge is 2.39. The van der Waals surface area contributed by atoms with Gasteiger partial charge in [-0.1, -0.05) is 32.1 Å². The lowest BCUT2D eigenvalue weighted by molar-refractivity contribution is 0.0901. The Morgan fingerprint density at radius 3 is 2.53 bits per heavy atom. The number of rotatable bonds is 6. The van der Waals surface area contributed by atoms with Crippen LogP contribution in [0.4, 0.5) is 0 Å². The fourth-order valence-electron chi connectivity index (χ4n) is 5.14. The first-order chi connectivity index (χ1) is 9.20. The third-order valence-corrected chi connectivity index (χ3v) is 6.03. The zero-order valence-corrected chi connectivity index (χ0v) is 12.6. The lowest BCUT2D eigenvalue weighted by Crippen LogP contribution is -2.35. The summed E-state index contributed by atoms with van der Waals surface area (Å²) < 4.78 is 0. The third-order valence-electron chi connectivity index (χ3n) is 6.03. The van der Waals surface area contributed by atoms with E-state index in [1.165, 1.54) is 57.9 Å². The summed E-state index contributed by atoms with van der Waals surface area (Å²) >= 11 is 0. The van der Waals surface area contributed by atoms with Gasteiger partial charge < -0.3 is 10.0 Å². The highest BCUT2D eigenvalue weighted by molar-refractivity contribution is 4.91. The van der Waals surface area contributed by atoms with Crippen LogP contribution in [0, 0.1) is 23.7 Å². The average Bonchev–Trinajstić information content (AvgIpc) is 3.04. The molecule has 110 valence electrons. The van der Waals surface area contributed by atoms with E-state index in [4.69, 9.17) is 0 Å². The molecule has 0 aromatic heterocycles. The van der Waals surface area contributed by atoms with Crippen molar-refractivity contribution in [2.75, 3.05) is 20.1 Å². The van der Waals surface area contributed by atoms with E-state index in [2.05, 4.69) is 11.9 Å². The molecule has 0 heterocycles. The summed E-state index contributed by atoms with van der Waals surface area (Å²) in [4.78, 5) is 2.41. The fourth-order valence-corrected chi connectivity index (χ4v) is 5.14. The van der Waals surface area contributed by atoms with E-state index < -0.39 is 0 Å². The van der Waals surface area contributed by atoms with Crippen molar-refractivity contribution in [1.29, 1.82) is 0 Å². The van der Waals surface area contributed by atoms with Crippen LogP contribution >= 0.6 is 0 Å². The number of aliphatic hydroxyl groups is 1. The molecule has 19 heavy (non-hydrogen) atoms. The molecule has 3 aliphatic carbocycles. The van der Waals surface area contributed by atoms with Gasteiger partial charge in [0.2, 0.25) is 0 Å². The number of hydrogen-bond acceptors (Lipinski definition) is 2. The van der Waals surface area contributed by atoms with Crippen molar-refractivity contribution < 1.29 is 5.11 Å². The van der Waals surface area contributed by atoms with E-state index in [-0.39, 0.29) is 6.10 Å². The van der Waals surface area contributed by atoms with Crippen LogP contribution in [-0.2, 0) is 0 Å². The van der Waals surface area contributed by atoms with E-state index in [9.17, 15) is 5.11 Å². The molecule has 3 rings (SSSR count). The lowest BCUT2D eigenvalue weighted by atomic mass is 9.88. The molecular formula is C17H31NO. The zero-order valence-electron chi connectivity index (χ0n) is 12.6. The molecule has 1 N–H and O–H groups in total. The maximum atomic E-state index is 10.2. The van der Waals surface area contributed by atoms with Crippen LogP contribution in [0.5, 0.6) is 0 Å². The van der Waals surface area contributed by atoms with Gasteiger partial charge in [-0.3, -0.25) is 0 Å². The van der Waals surface area contributed by atoms with Crippen molar-refractivity contribution in [1.82, 2.24) is 4.90 Å². The van der Waals surface area contributed by atoms with Crippen LogP contribution in [0.25, 0.3) is 0 Å². The van der Waals surface area contributed by atoms with Gasteiger partial charge in [0.25, 0.3) is 0 Å². The predicted octanol–water partition coefficient (Wildman–Crippen LogP) is 3.30. The highest BCUT2D eigenvalue weighted by atomic mass is 16.3. The summed E-state index contributed by atoms with van der Waals surface area (Å²) in [6.45, 7) is 2.12. The molecule has 0 spiro atoms. The first-order valence-corrected chi connectivity index (χ1v) is 8.57. The van der Waals surface area contributed by atoms with Gasteiger partial charge in [-0.05, 0) is 56.4 Å². The Hall–Kier alpha value is -0.0800. The summed E-state index contributed by atoms with van der Waals surface area (Å²) in [5.41, 5.74) is 0. The minimum atomic E-state index is -0.0910. The monoisotopic (exact) mass is 265 g/mol. The molecule has 0 amide bonds. The van der Waals surface area contributed by atoms with Crippen LogP contribution in [0.2, 0.25) is 0 Å². The smallest absolute Gasteiger partial charge is 0.0669 e. The second-order valence-electron chi connectivity index (χ2n) is 7.70. The van der Waals surface area contributed by atoms with Gasteiger partial charge in [0.05, 0.1) is 6.10 Å². The van der Waals surface area contributed by atoms with E-state index >= 15 is 0 Å². The minimum absolute atomic E-state index is 0.0910. The summed E-state index contributed by atoms with van der Waals surface area (Å²) in [6, 6.07) is 0. The van der Waals surface area contributed by atoms with Gasteiger partial charge in [0.15, 0.2) is 0 Å². The maximum absolute atomic E-state index is 10.2. The summed E-state index contributed by atoms with van der Waals surface area (Å²) in [5, 5.41) is 10.2. The van der Waals surface area contributed by atoms with Crippen molar-refractivity contribution in [2.24, 2.45) is 23.7 Å². The second-order valence-corrected chi connectivity index (χ2v) is 7.70. The van der Waals surface area contributed by atoms with E-state index in [1.807, 2.05) is 0 Å². The van der Waals surface area contributed by atoms with E-state index in [0.717, 1.165) is 36.6 Å². The van der Waals surface area contributed by atoms with Gasteiger partial charge in [0, 0.05) is 13.1 Å². The van der Waals surface area contributed by atoms with Crippen molar-refractivity contribution >= 4 is 0 Å². The highest BCUT2D eigenvalue weighted by Crippen LogP contribution is 2.48. The van der Waals surface area contributed by atoms with Gasteiger partial charge in [-0.25, -0.2) is 0 Å². The number of hydrogen-bond donors (Lipinski definition) is 1. The minimum Gasteiger partial charge on any atom is -0.392 e. The van der Waals surface area contributed by atoms with Crippen LogP contribution in [0.3, 0.4) is 0 Å². The molecule has 2 nitrogen and oxygen atoms in total. The van der Waals surface area contributed by atoms with E-state index in [1.54, 1.807) is 0 Å². The molecule has 3 fully saturated rings. The predicted molar refractivity (Wildman–Crippen MR) is 79.0 cm³/mol. The molecule has 0 aromatic rings. The molecule has 0 saturated heterocycles. The molecule has 0 aromatic carbocycles. The molecule has 4 unspecified atom stereocenters. The van der Waals surface area contributed by atoms with Crippen molar-refractivity contribution in [2.45, 2.75) is 63.9 Å². The zero-order chi connectivity index (χ0) is 13.2. The van der Waals surface area contributed by atoms with Crippen molar-refractivity contribution in [3.05, 3.63) is 0 Å². The fraction of sp³-hybridized carbons (Fsp3) is 1.00. The van der Waals surface area contributed by atoms with Crippen LogP contribution in [0.1, 0.15) is 57.8 Å². The number of nitrogens with zero attached hydrogens (tertiary/aromatic N) is 1. The Kier molecular flexibility index (Phi) is 4.48. The Labute approximate surface area is 118 Å². The molecule has 0 aliphatic heterocycles. The average molecular weight is 265 g/mol. The Bertz CT molecular complexity index is 287. The quantitative estimate of drug-likeness (QED) is 0.796. The molecular weight excluding hydrogens is 234 g/mol. The van der Waals surface area contributed by atoms with Crippen LogP contribution in [0.15, 0.2) is 0 Å². The molecule has 3 saturated carbocycles. The SMILES string of the molecule is CN(CC(O)CC1CCCC1)CC1CC2CCC1C2. The molecule has 4 atom stereocenters.